The minimum Gasteiger partial charge on any atom is -0.494 e. The fourth-order valence-corrected chi connectivity index (χ4v) is 10.4. The second kappa shape index (κ2) is 11.6. The van der Waals surface area contributed by atoms with Gasteiger partial charge in [0.15, 0.2) is 0 Å². The van der Waals surface area contributed by atoms with Gasteiger partial charge in [0.25, 0.3) is 0 Å². The van der Waals surface area contributed by atoms with E-state index in [-0.39, 0.29) is 36.3 Å². The van der Waals surface area contributed by atoms with Crippen LogP contribution in [0, 0.1) is 17.8 Å². The van der Waals surface area contributed by atoms with Gasteiger partial charge in [-0.3, -0.25) is 14.4 Å². The van der Waals surface area contributed by atoms with Gasteiger partial charge in [-0.05, 0) is 56.9 Å². The molecule has 0 aromatic heterocycles. The lowest BCUT2D eigenvalue weighted by Crippen LogP contribution is -2.59. The lowest BCUT2D eigenvalue weighted by atomic mass is 9.74. The van der Waals surface area contributed by atoms with Crippen LogP contribution in [0.25, 0.3) is 0 Å². The topological polar surface area (TPSA) is 90.4 Å². The smallest absolute Gasteiger partial charge is 0.247 e. The summed E-state index contributed by atoms with van der Waals surface area (Å²) in [7, 11) is 0. The summed E-state index contributed by atoms with van der Waals surface area (Å²) in [4.78, 5) is 49.7. The van der Waals surface area contributed by atoms with Crippen molar-refractivity contribution in [2.45, 2.75) is 87.4 Å². The van der Waals surface area contributed by atoms with E-state index in [4.69, 9.17) is 4.74 Å². The second-order valence-corrected chi connectivity index (χ2v) is 15.0. The van der Waals surface area contributed by atoms with E-state index < -0.39 is 33.4 Å². The predicted octanol–water partition coefficient (Wildman–Crippen LogP) is 4.42. The van der Waals surface area contributed by atoms with Gasteiger partial charge in [0.05, 0.1) is 35.8 Å². The van der Waals surface area contributed by atoms with Gasteiger partial charge in [-0.15, -0.1) is 11.8 Å². The van der Waals surface area contributed by atoms with Gasteiger partial charge in [0, 0.05) is 29.6 Å². The van der Waals surface area contributed by atoms with E-state index in [9.17, 15) is 19.5 Å². The first-order valence-corrected chi connectivity index (χ1v) is 16.8. The van der Waals surface area contributed by atoms with Crippen LogP contribution in [-0.2, 0) is 14.4 Å². The minimum absolute atomic E-state index is 0.0424. The van der Waals surface area contributed by atoms with Crippen LogP contribution in [0.1, 0.15) is 59.8 Å². The van der Waals surface area contributed by atoms with Crippen LogP contribution in [0.4, 0.5) is 5.69 Å². The molecule has 3 fully saturated rings. The molecule has 1 spiro atoms. The number of anilines is 1. The van der Waals surface area contributed by atoms with Crippen molar-refractivity contribution in [1.29, 1.82) is 0 Å². The van der Waals surface area contributed by atoms with Crippen molar-refractivity contribution in [3.63, 3.8) is 0 Å². The Morgan fingerprint density at radius 3 is 2.30 bits per heavy atom. The molecule has 232 valence electrons. The third-order valence-electron chi connectivity index (χ3n) is 10.3. The molecule has 1 saturated carbocycles. The molecule has 6 atom stereocenters. The van der Waals surface area contributed by atoms with Crippen LogP contribution in [0.2, 0.25) is 0 Å². The number of ether oxygens (including phenoxy) is 1. The van der Waals surface area contributed by atoms with E-state index in [0.29, 0.717) is 19.7 Å². The van der Waals surface area contributed by atoms with Crippen LogP contribution in [-0.4, -0.2) is 86.6 Å². The van der Waals surface area contributed by atoms with Crippen LogP contribution in [0.15, 0.2) is 48.6 Å². The number of aliphatic hydroxyl groups is 1. The number of nitrogens with zero attached hydrogens (tertiary/aromatic N) is 3. The number of hydrogen-bond acceptors (Lipinski definition) is 6. The zero-order valence-corrected chi connectivity index (χ0v) is 26.6. The number of thioether (sulfide) groups is 1. The van der Waals surface area contributed by atoms with Gasteiger partial charge in [0.2, 0.25) is 17.7 Å². The Labute approximate surface area is 259 Å². The number of aliphatic hydroxyl groups excluding tert-OH is 1. The Bertz CT molecular complexity index is 1310. The first-order chi connectivity index (χ1) is 20.7. The molecule has 4 aliphatic heterocycles. The Morgan fingerprint density at radius 2 is 1.65 bits per heavy atom. The molecule has 5 aliphatic rings. The van der Waals surface area contributed by atoms with Crippen molar-refractivity contribution in [2.24, 2.45) is 17.8 Å². The highest BCUT2D eigenvalue weighted by Crippen LogP contribution is 2.66. The zero-order chi connectivity index (χ0) is 30.5. The third-order valence-corrected chi connectivity index (χ3v) is 12.1. The fourth-order valence-electron chi connectivity index (χ4n) is 8.30. The SMILES string of the molecule is CCOc1ccc(N2CC=C[C@@]3(C)S[C@]45C=CCN(C6CCCCC6)C(=O)C4N([C@@H](CO)C(C)C)C(=O)[C@@H]5[C@H]3C2=O)cc1. The maximum Gasteiger partial charge on any atom is 0.247 e. The van der Waals surface area contributed by atoms with Crippen molar-refractivity contribution in [2.75, 3.05) is 31.2 Å². The van der Waals surface area contributed by atoms with E-state index in [0.717, 1.165) is 37.1 Å². The monoisotopic (exact) mass is 607 g/mol. The molecular weight excluding hydrogens is 562 g/mol. The highest BCUT2D eigenvalue weighted by Gasteiger charge is 2.74. The molecular formula is C34H45N3O5S. The molecule has 1 N–H and O–H groups in total. The normalized spacial score (nSPS) is 33.4. The van der Waals surface area contributed by atoms with Crippen molar-refractivity contribution in [1.82, 2.24) is 9.80 Å². The number of likely N-dealkylation sites (tertiary alicyclic amines) is 1. The van der Waals surface area contributed by atoms with Crippen LogP contribution >= 0.6 is 11.8 Å². The Morgan fingerprint density at radius 1 is 0.953 bits per heavy atom. The van der Waals surface area contributed by atoms with Crippen molar-refractivity contribution in [3.05, 3.63) is 48.6 Å². The summed E-state index contributed by atoms with van der Waals surface area (Å²) in [6.45, 7) is 9.17. The molecule has 4 heterocycles. The summed E-state index contributed by atoms with van der Waals surface area (Å²) in [5.41, 5.74) is 0.749. The lowest BCUT2D eigenvalue weighted by Gasteiger charge is -2.42. The first-order valence-electron chi connectivity index (χ1n) is 16.0. The second-order valence-electron chi connectivity index (χ2n) is 13.2. The standard InChI is InChI=1S/C34H45N3O5S/c1-5-42-25-15-13-24(14-16-25)35-19-9-17-33(4)27(30(35)39)28-31(40)37(26(21-38)22(2)3)29-32(41)36(23-11-7-6-8-12-23)20-10-18-34(28,29)43-33/h9-10,13-18,22-23,26-29,38H,5-8,11-12,19-21H2,1-4H3/t26-,27-,28-,29?,33+,34-/m0/s1. The highest BCUT2D eigenvalue weighted by molar-refractivity contribution is 8.02. The number of fused-ring (bicyclic) bond motifs is 2. The molecule has 1 aromatic rings. The van der Waals surface area contributed by atoms with Gasteiger partial charge in [-0.2, -0.15) is 0 Å². The minimum atomic E-state index is -0.916. The first kappa shape index (κ1) is 30.3. The van der Waals surface area contributed by atoms with Gasteiger partial charge >= 0.3 is 0 Å². The quantitative estimate of drug-likeness (QED) is 0.462. The summed E-state index contributed by atoms with van der Waals surface area (Å²) < 4.78 is 4.02. The molecule has 1 unspecified atom stereocenters. The molecule has 3 amide bonds. The Hall–Kier alpha value is -2.78. The highest BCUT2D eigenvalue weighted by atomic mass is 32.2. The number of carbonyl (C=O) groups excluding carboxylic acids is 3. The molecule has 8 nitrogen and oxygen atoms in total. The average molecular weight is 608 g/mol. The molecule has 2 saturated heterocycles. The maximum absolute atomic E-state index is 14.8. The summed E-state index contributed by atoms with van der Waals surface area (Å²) in [5.74, 6) is -1.08. The molecule has 1 aliphatic carbocycles. The molecule has 9 heteroatoms. The van der Waals surface area contributed by atoms with E-state index in [2.05, 4.69) is 18.2 Å². The van der Waals surface area contributed by atoms with E-state index in [1.54, 1.807) is 21.6 Å². The zero-order valence-electron chi connectivity index (χ0n) is 25.8. The third kappa shape index (κ3) is 4.82. The largest absolute Gasteiger partial charge is 0.494 e. The maximum atomic E-state index is 14.8. The van der Waals surface area contributed by atoms with Crippen LogP contribution in [0.5, 0.6) is 5.75 Å². The van der Waals surface area contributed by atoms with Crippen molar-refractivity contribution in [3.8, 4) is 5.75 Å². The average Bonchev–Trinajstić information content (AvgIpc) is 3.25. The summed E-state index contributed by atoms with van der Waals surface area (Å²) in [6.07, 6.45) is 13.6. The number of hydrogen-bond donors (Lipinski definition) is 1. The van der Waals surface area contributed by atoms with Gasteiger partial charge < -0.3 is 24.5 Å². The lowest BCUT2D eigenvalue weighted by molar-refractivity contribution is -0.148. The number of rotatable bonds is 7. The summed E-state index contributed by atoms with van der Waals surface area (Å²) >= 11 is 1.60. The Kier molecular flexibility index (Phi) is 8.18. The van der Waals surface area contributed by atoms with E-state index in [1.807, 2.05) is 62.9 Å². The summed E-state index contributed by atoms with van der Waals surface area (Å²) in [5, 5.41) is 10.6. The molecule has 0 bridgehead atoms. The van der Waals surface area contributed by atoms with Gasteiger partial charge in [-0.1, -0.05) is 57.4 Å². The van der Waals surface area contributed by atoms with E-state index in [1.165, 1.54) is 6.42 Å². The molecule has 43 heavy (non-hydrogen) atoms. The van der Waals surface area contributed by atoms with Crippen LogP contribution < -0.4 is 9.64 Å². The van der Waals surface area contributed by atoms with Gasteiger partial charge in [-0.25, -0.2) is 0 Å². The molecule has 0 radical (unpaired) electrons. The summed E-state index contributed by atoms with van der Waals surface area (Å²) in [6, 6.07) is 6.36. The Balaban J connectivity index is 1.44. The van der Waals surface area contributed by atoms with Crippen molar-refractivity contribution >= 4 is 35.2 Å². The van der Waals surface area contributed by atoms with Crippen LogP contribution in [0.3, 0.4) is 0 Å². The molecule has 1 aromatic carbocycles. The predicted molar refractivity (Wildman–Crippen MR) is 169 cm³/mol. The number of carbonyl (C=O) groups is 3. The van der Waals surface area contributed by atoms with Crippen molar-refractivity contribution < 1.29 is 24.2 Å². The number of amides is 3. The number of benzene rings is 1. The fraction of sp³-hybridized carbons (Fsp3) is 0.618. The van der Waals surface area contributed by atoms with E-state index >= 15 is 0 Å². The van der Waals surface area contributed by atoms with Gasteiger partial charge in [0.1, 0.15) is 11.8 Å². The molecule has 6 rings (SSSR count).